The molecule has 0 saturated heterocycles. The van der Waals surface area contributed by atoms with Crippen LogP contribution in [0.1, 0.15) is 48.0 Å². The molecule has 3 nitrogen and oxygen atoms in total. The minimum Gasteiger partial charge on any atom is -0.458 e. The summed E-state index contributed by atoms with van der Waals surface area (Å²) < 4.78 is 5.96. The average molecular weight is 285 g/mol. The summed E-state index contributed by atoms with van der Waals surface area (Å²) in [5.74, 6) is 2.84. The normalized spacial score (nSPS) is 36.7. The number of esters is 1. The number of benzene rings is 1. The molecule has 3 heteroatoms. The number of hydrogen-bond donors (Lipinski definition) is 1. The summed E-state index contributed by atoms with van der Waals surface area (Å²) in [4.78, 5) is 12.5. The highest BCUT2D eigenvalue weighted by atomic mass is 16.5. The molecular weight excluding hydrogens is 262 g/mol. The molecule has 112 valence electrons. The number of rotatable bonds is 3. The van der Waals surface area contributed by atoms with E-state index >= 15 is 0 Å². The van der Waals surface area contributed by atoms with Gasteiger partial charge in [-0.1, -0.05) is 18.2 Å². The van der Waals surface area contributed by atoms with Gasteiger partial charge < -0.3 is 10.5 Å². The van der Waals surface area contributed by atoms with Gasteiger partial charge in [0, 0.05) is 6.54 Å². The van der Waals surface area contributed by atoms with E-state index in [0.717, 1.165) is 17.4 Å². The van der Waals surface area contributed by atoms with Crippen LogP contribution < -0.4 is 5.73 Å². The summed E-state index contributed by atoms with van der Waals surface area (Å²) in [6.07, 6.45) is 6.64. The van der Waals surface area contributed by atoms with Crippen molar-refractivity contribution in [3.8, 4) is 0 Å². The van der Waals surface area contributed by atoms with E-state index in [1.165, 1.54) is 32.1 Å². The van der Waals surface area contributed by atoms with Crippen LogP contribution in [-0.2, 0) is 11.3 Å². The van der Waals surface area contributed by atoms with E-state index < -0.39 is 0 Å². The Kier molecular flexibility index (Phi) is 3.26. The molecule has 0 unspecified atom stereocenters. The van der Waals surface area contributed by atoms with Crippen LogP contribution >= 0.6 is 0 Å². The Hall–Kier alpha value is -1.35. The fourth-order valence-electron chi connectivity index (χ4n) is 5.15. The highest BCUT2D eigenvalue weighted by molar-refractivity contribution is 5.91. The van der Waals surface area contributed by atoms with Crippen LogP contribution in [0.25, 0.3) is 0 Å². The molecule has 21 heavy (non-hydrogen) atoms. The lowest BCUT2D eigenvalue weighted by molar-refractivity contribution is -0.101. The minimum absolute atomic E-state index is 0.149. The average Bonchev–Trinajstić information content (AvgIpc) is 2.50. The SMILES string of the molecule is NCc1ccccc1C(=O)OC1C2CC3CC(C2)CC1C3. The topological polar surface area (TPSA) is 52.3 Å². The van der Waals surface area contributed by atoms with Gasteiger partial charge in [-0.3, -0.25) is 0 Å². The monoisotopic (exact) mass is 285 g/mol. The molecule has 0 aromatic heterocycles. The van der Waals surface area contributed by atoms with E-state index in [1.807, 2.05) is 24.3 Å². The zero-order valence-corrected chi connectivity index (χ0v) is 12.3. The fraction of sp³-hybridized carbons (Fsp3) is 0.611. The molecule has 4 fully saturated rings. The molecule has 0 aliphatic heterocycles. The second-order valence-corrected chi connectivity index (χ2v) is 7.16. The van der Waals surface area contributed by atoms with Crippen LogP contribution in [0.5, 0.6) is 0 Å². The molecule has 1 aromatic carbocycles. The first-order chi connectivity index (χ1) is 10.2. The number of carbonyl (C=O) groups excluding carboxylic acids is 1. The van der Waals surface area contributed by atoms with E-state index in [-0.39, 0.29) is 12.1 Å². The highest BCUT2D eigenvalue weighted by Gasteiger charge is 2.49. The lowest BCUT2D eigenvalue weighted by Gasteiger charge is -2.53. The lowest BCUT2D eigenvalue weighted by atomic mass is 9.55. The van der Waals surface area contributed by atoms with Crippen molar-refractivity contribution in [3.63, 3.8) is 0 Å². The first-order valence-electron chi connectivity index (χ1n) is 8.23. The highest BCUT2D eigenvalue weighted by Crippen LogP contribution is 2.54. The Balaban J connectivity index is 1.52. The van der Waals surface area contributed by atoms with Crippen molar-refractivity contribution >= 4 is 5.97 Å². The van der Waals surface area contributed by atoms with Gasteiger partial charge in [-0.05, 0) is 67.4 Å². The van der Waals surface area contributed by atoms with Gasteiger partial charge in [-0.25, -0.2) is 4.79 Å². The molecule has 4 saturated carbocycles. The predicted molar refractivity (Wildman–Crippen MR) is 80.6 cm³/mol. The molecule has 0 heterocycles. The first kappa shape index (κ1) is 13.3. The van der Waals surface area contributed by atoms with Gasteiger partial charge in [0.25, 0.3) is 0 Å². The van der Waals surface area contributed by atoms with Gasteiger partial charge in [0.1, 0.15) is 6.10 Å². The summed E-state index contributed by atoms with van der Waals surface area (Å²) in [5, 5.41) is 0. The van der Waals surface area contributed by atoms with Crippen LogP contribution in [0.4, 0.5) is 0 Å². The van der Waals surface area contributed by atoms with Crippen molar-refractivity contribution in [3.05, 3.63) is 35.4 Å². The van der Waals surface area contributed by atoms with Crippen LogP contribution in [-0.4, -0.2) is 12.1 Å². The maximum absolute atomic E-state index is 12.5. The lowest BCUT2D eigenvalue weighted by Crippen LogP contribution is -2.50. The third-order valence-electron chi connectivity index (χ3n) is 5.84. The largest absolute Gasteiger partial charge is 0.458 e. The molecule has 0 atom stereocenters. The van der Waals surface area contributed by atoms with Crippen molar-refractivity contribution in [1.82, 2.24) is 0 Å². The van der Waals surface area contributed by atoms with Crippen molar-refractivity contribution < 1.29 is 9.53 Å². The van der Waals surface area contributed by atoms with Gasteiger partial charge >= 0.3 is 5.97 Å². The Labute approximate surface area is 125 Å². The van der Waals surface area contributed by atoms with Gasteiger partial charge in [-0.15, -0.1) is 0 Å². The third-order valence-corrected chi connectivity index (χ3v) is 5.84. The smallest absolute Gasteiger partial charge is 0.338 e. The Morgan fingerprint density at radius 3 is 2.29 bits per heavy atom. The van der Waals surface area contributed by atoms with Crippen LogP contribution in [0.3, 0.4) is 0 Å². The summed E-state index contributed by atoms with van der Waals surface area (Å²) in [6.45, 7) is 0.382. The summed E-state index contributed by atoms with van der Waals surface area (Å²) in [6, 6.07) is 7.54. The molecular formula is C18H23NO2. The molecule has 0 spiro atoms. The molecule has 4 aliphatic carbocycles. The molecule has 0 radical (unpaired) electrons. The second kappa shape index (κ2) is 5.13. The molecule has 2 N–H and O–H groups in total. The quantitative estimate of drug-likeness (QED) is 0.868. The number of hydrogen-bond acceptors (Lipinski definition) is 3. The molecule has 4 bridgehead atoms. The van der Waals surface area contributed by atoms with Gasteiger partial charge in [-0.2, -0.15) is 0 Å². The van der Waals surface area contributed by atoms with E-state index in [4.69, 9.17) is 10.5 Å². The Morgan fingerprint density at radius 2 is 1.67 bits per heavy atom. The second-order valence-electron chi connectivity index (χ2n) is 7.16. The van der Waals surface area contributed by atoms with Crippen LogP contribution in [0.15, 0.2) is 24.3 Å². The number of carbonyl (C=O) groups is 1. The van der Waals surface area contributed by atoms with E-state index in [2.05, 4.69) is 0 Å². The van der Waals surface area contributed by atoms with E-state index in [9.17, 15) is 4.79 Å². The van der Waals surface area contributed by atoms with E-state index in [0.29, 0.717) is 23.9 Å². The number of nitrogens with two attached hydrogens (primary N) is 1. The first-order valence-corrected chi connectivity index (χ1v) is 8.23. The summed E-state index contributed by atoms with van der Waals surface area (Å²) in [5.41, 5.74) is 7.26. The summed E-state index contributed by atoms with van der Waals surface area (Å²) >= 11 is 0. The Bertz CT molecular complexity index is 526. The molecule has 1 aromatic rings. The zero-order valence-electron chi connectivity index (χ0n) is 12.3. The third kappa shape index (κ3) is 2.28. The van der Waals surface area contributed by atoms with Crippen molar-refractivity contribution in [2.75, 3.05) is 0 Å². The zero-order chi connectivity index (χ0) is 14.4. The van der Waals surface area contributed by atoms with Gasteiger partial charge in [0.05, 0.1) is 5.56 Å². The summed E-state index contributed by atoms with van der Waals surface area (Å²) in [7, 11) is 0. The van der Waals surface area contributed by atoms with Crippen molar-refractivity contribution in [2.45, 2.75) is 44.8 Å². The van der Waals surface area contributed by atoms with Crippen LogP contribution in [0, 0.1) is 23.7 Å². The van der Waals surface area contributed by atoms with Crippen molar-refractivity contribution in [2.24, 2.45) is 29.4 Å². The van der Waals surface area contributed by atoms with Crippen molar-refractivity contribution in [1.29, 1.82) is 0 Å². The van der Waals surface area contributed by atoms with Gasteiger partial charge in [0.2, 0.25) is 0 Å². The molecule has 0 amide bonds. The predicted octanol–water partition coefficient (Wildman–Crippen LogP) is 3.13. The number of ether oxygens (including phenoxy) is 1. The Morgan fingerprint density at radius 1 is 1.05 bits per heavy atom. The fourth-order valence-corrected chi connectivity index (χ4v) is 5.15. The maximum atomic E-state index is 12.5. The molecule has 5 rings (SSSR count). The standard InChI is InChI=1S/C18H23NO2/c19-10-13-3-1-2-4-16(13)18(20)21-17-14-6-11-5-12(8-14)9-15(17)7-11/h1-4,11-12,14-15,17H,5-10,19H2. The van der Waals surface area contributed by atoms with E-state index in [1.54, 1.807) is 0 Å². The van der Waals surface area contributed by atoms with Gasteiger partial charge in [0.15, 0.2) is 0 Å². The molecule has 4 aliphatic rings. The minimum atomic E-state index is -0.173. The maximum Gasteiger partial charge on any atom is 0.338 e. The van der Waals surface area contributed by atoms with Crippen LogP contribution in [0.2, 0.25) is 0 Å².